The van der Waals surface area contributed by atoms with Gasteiger partial charge in [-0.1, -0.05) is 0 Å². The van der Waals surface area contributed by atoms with Gasteiger partial charge in [0.15, 0.2) is 0 Å². The van der Waals surface area contributed by atoms with Crippen molar-refractivity contribution in [1.29, 1.82) is 0 Å². The van der Waals surface area contributed by atoms with Gasteiger partial charge in [-0.15, -0.1) is 11.3 Å². The lowest BCUT2D eigenvalue weighted by atomic mass is 10.1. The van der Waals surface area contributed by atoms with Crippen molar-refractivity contribution in [2.75, 3.05) is 19.7 Å². The molecule has 0 aliphatic carbocycles. The standard InChI is InChI=1S/C12H17NO5S2/c1-12(2)8-13(5-6-18-12)20(16,17)11-4-3-9(19-11)7-10(14)15/h3-4H,5-8H2,1-2H3,(H,14,15). The third-order valence-corrected chi connectivity index (χ3v) is 6.35. The third-order valence-electron chi connectivity index (χ3n) is 2.95. The summed E-state index contributed by atoms with van der Waals surface area (Å²) in [5, 5.41) is 8.73. The van der Waals surface area contributed by atoms with Crippen LogP contribution in [0.5, 0.6) is 0 Å². The van der Waals surface area contributed by atoms with E-state index in [9.17, 15) is 13.2 Å². The van der Waals surface area contributed by atoms with Crippen molar-refractivity contribution >= 4 is 27.3 Å². The summed E-state index contributed by atoms with van der Waals surface area (Å²) in [7, 11) is -3.57. The van der Waals surface area contributed by atoms with E-state index >= 15 is 0 Å². The van der Waals surface area contributed by atoms with Crippen LogP contribution < -0.4 is 0 Å². The zero-order valence-electron chi connectivity index (χ0n) is 11.3. The SMILES string of the molecule is CC1(C)CN(S(=O)(=O)c2ccc(CC(=O)O)s2)CCO1. The summed E-state index contributed by atoms with van der Waals surface area (Å²) in [6, 6.07) is 3.03. The fraction of sp³-hybridized carbons (Fsp3) is 0.583. The van der Waals surface area contributed by atoms with Gasteiger partial charge in [0.1, 0.15) is 4.21 Å². The molecule has 1 N–H and O–H groups in total. The minimum Gasteiger partial charge on any atom is -0.481 e. The van der Waals surface area contributed by atoms with Gasteiger partial charge < -0.3 is 9.84 Å². The molecule has 1 aliphatic rings. The van der Waals surface area contributed by atoms with Crippen molar-refractivity contribution in [3.63, 3.8) is 0 Å². The molecule has 0 saturated carbocycles. The first-order valence-electron chi connectivity index (χ1n) is 6.15. The number of rotatable bonds is 4. The lowest BCUT2D eigenvalue weighted by molar-refractivity contribution is -0.136. The van der Waals surface area contributed by atoms with Crippen molar-refractivity contribution in [2.45, 2.75) is 30.1 Å². The van der Waals surface area contributed by atoms with Crippen LogP contribution in [0.3, 0.4) is 0 Å². The van der Waals surface area contributed by atoms with Crippen molar-refractivity contribution in [1.82, 2.24) is 4.31 Å². The second-order valence-electron chi connectivity index (χ2n) is 5.24. The Labute approximate surface area is 122 Å². The Morgan fingerprint density at radius 3 is 2.80 bits per heavy atom. The summed E-state index contributed by atoms with van der Waals surface area (Å²) >= 11 is 1.01. The third kappa shape index (κ3) is 3.38. The van der Waals surface area contributed by atoms with Crippen LogP contribution in [0.1, 0.15) is 18.7 Å². The van der Waals surface area contributed by atoms with E-state index in [1.54, 1.807) is 6.07 Å². The lowest BCUT2D eigenvalue weighted by Gasteiger charge is -2.37. The fourth-order valence-electron chi connectivity index (χ4n) is 2.05. The molecule has 1 aromatic heterocycles. The molecule has 0 atom stereocenters. The van der Waals surface area contributed by atoms with Crippen LogP contribution in [0, 0.1) is 0 Å². The number of nitrogens with zero attached hydrogens (tertiary/aromatic N) is 1. The highest BCUT2D eigenvalue weighted by molar-refractivity contribution is 7.91. The molecule has 0 amide bonds. The maximum absolute atomic E-state index is 12.5. The highest BCUT2D eigenvalue weighted by Crippen LogP contribution is 2.28. The minimum absolute atomic E-state index is 0.158. The van der Waals surface area contributed by atoms with E-state index in [1.807, 2.05) is 13.8 Å². The second-order valence-corrected chi connectivity index (χ2v) is 8.57. The first kappa shape index (κ1) is 15.4. The zero-order valence-corrected chi connectivity index (χ0v) is 13.0. The largest absolute Gasteiger partial charge is 0.481 e. The Morgan fingerprint density at radius 2 is 2.20 bits per heavy atom. The molecule has 1 aromatic rings. The maximum Gasteiger partial charge on any atom is 0.308 e. The second kappa shape index (κ2) is 5.44. The molecule has 20 heavy (non-hydrogen) atoms. The molecule has 2 heterocycles. The number of carboxylic acids is 1. The van der Waals surface area contributed by atoms with E-state index in [2.05, 4.69) is 0 Å². The Morgan fingerprint density at radius 1 is 1.50 bits per heavy atom. The van der Waals surface area contributed by atoms with Crippen molar-refractivity contribution in [2.24, 2.45) is 0 Å². The highest BCUT2D eigenvalue weighted by atomic mass is 32.2. The van der Waals surface area contributed by atoms with Gasteiger partial charge in [-0.05, 0) is 26.0 Å². The Kier molecular flexibility index (Phi) is 4.19. The molecule has 0 radical (unpaired) electrons. The van der Waals surface area contributed by atoms with E-state index in [0.29, 0.717) is 24.6 Å². The summed E-state index contributed by atoms with van der Waals surface area (Å²) < 4.78 is 32.1. The van der Waals surface area contributed by atoms with Gasteiger partial charge in [-0.2, -0.15) is 4.31 Å². The van der Waals surface area contributed by atoms with Gasteiger partial charge in [0.05, 0.1) is 18.6 Å². The number of aliphatic carboxylic acids is 1. The Bertz CT molecular complexity index is 605. The van der Waals surface area contributed by atoms with E-state index in [4.69, 9.17) is 9.84 Å². The normalized spacial score (nSPS) is 19.9. The molecule has 0 aromatic carbocycles. The monoisotopic (exact) mass is 319 g/mol. The predicted molar refractivity (Wildman–Crippen MR) is 74.4 cm³/mol. The van der Waals surface area contributed by atoms with Gasteiger partial charge in [0.25, 0.3) is 10.0 Å². The van der Waals surface area contributed by atoms with E-state index in [0.717, 1.165) is 11.3 Å². The van der Waals surface area contributed by atoms with E-state index < -0.39 is 21.6 Å². The number of morpholine rings is 1. The number of carboxylic acid groups (broad SMARTS) is 1. The van der Waals surface area contributed by atoms with Crippen LogP contribution in [0.15, 0.2) is 16.3 Å². The first-order chi connectivity index (χ1) is 9.21. The molecule has 8 heteroatoms. The number of hydrogen-bond donors (Lipinski definition) is 1. The van der Waals surface area contributed by atoms with Crippen LogP contribution in [0.4, 0.5) is 0 Å². The average molecular weight is 319 g/mol. The lowest BCUT2D eigenvalue weighted by Crippen LogP contribution is -2.50. The van der Waals surface area contributed by atoms with E-state index in [1.165, 1.54) is 10.4 Å². The minimum atomic E-state index is -3.57. The molecule has 0 spiro atoms. The maximum atomic E-state index is 12.5. The van der Waals surface area contributed by atoms with Crippen LogP contribution in [-0.2, 0) is 26.0 Å². The van der Waals surface area contributed by atoms with Crippen molar-refractivity contribution < 1.29 is 23.1 Å². The molecular formula is C12H17NO5S2. The molecule has 6 nitrogen and oxygen atoms in total. The number of sulfonamides is 1. The first-order valence-corrected chi connectivity index (χ1v) is 8.41. The molecule has 1 aliphatic heterocycles. The van der Waals surface area contributed by atoms with Crippen LogP contribution in [0.2, 0.25) is 0 Å². The molecule has 1 fully saturated rings. The fourth-order valence-corrected chi connectivity index (χ4v) is 5.12. The van der Waals surface area contributed by atoms with E-state index in [-0.39, 0.29) is 10.6 Å². The summed E-state index contributed by atoms with van der Waals surface area (Å²) in [4.78, 5) is 11.2. The summed E-state index contributed by atoms with van der Waals surface area (Å²) in [6.45, 7) is 4.66. The topological polar surface area (TPSA) is 83.9 Å². The van der Waals surface area contributed by atoms with Crippen molar-refractivity contribution in [3.8, 4) is 0 Å². The predicted octanol–water partition coefficient (Wildman–Crippen LogP) is 1.17. The van der Waals surface area contributed by atoms with Gasteiger partial charge in [0.2, 0.25) is 0 Å². The number of hydrogen-bond acceptors (Lipinski definition) is 5. The Hall–Kier alpha value is -0.960. The zero-order chi connectivity index (χ0) is 15.0. The van der Waals surface area contributed by atoms with Crippen LogP contribution in [0.25, 0.3) is 0 Å². The average Bonchev–Trinajstić information content (AvgIpc) is 2.75. The molecule has 0 bridgehead atoms. The van der Waals surface area contributed by atoms with Gasteiger partial charge in [0, 0.05) is 18.0 Å². The quantitative estimate of drug-likeness (QED) is 0.901. The summed E-state index contributed by atoms with van der Waals surface area (Å²) in [5.74, 6) is -0.969. The Balaban J connectivity index is 2.21. The molecular weight excluding hydrogens is 302 g/mol. The summed E-state index contributed by atoms with van der Waals surface area (Å²) in [6.07, 6.45) is -0.158. The number of thiophene rings is 1. The number of carbonyl (C=O) groups is 1. The summed E-state index contributed by atoms with van der Waals surface area (Å²) in [5.41, 5.74) is -0.507. The van der Waals surface area contributed by atoms with Gasteiger partial charge in [-0.25, -0.2) is 8.42 Å². The smallest absolute Gasteiger partial charge is 0.308 e. The number of ether oxygens (including phenoxy) is 1. The molecule has 2 rings (SSSR count). The van der Waals surface area contributed by atoms with Gasteiger partial charge >= 0.3 is 5.97 Å². The van der Waals surface area contributed by atoms with Gasteiger partial charge in [-0.3, -0.25) is 4.79 Å². The molecule has 0 unspecified atom stereocenters. The molecule has 1 saturated heterocycles. The van der Waals surface area contributed by atoms with Crippen molar-refractivity contribution in [3.05, 3.63) is 17.0 Å². The molecule has 112 valence electrons. The highest BCUT2D eigenvalue weighted by Gasteiger charge is 2.35. The van der Waals surface area contributed by atoms with Crippen LogP contribution >= 0.6 is 11.3 Å². The van der Waals surface area contributed by atoms with Crippen LogP contribution in [-0.4, -0.2) is 49.1 Å².